The summed E-state index contributed by atoms with van der Waals surface area (Å²) in [4.78, 5) is 16.0. The van der Waals surface area contributed by atoms with Gasteiger partial charge in [-0.05, 0) is 57.6 Å². The molecule has 2 aliphatic rings. The number of aliphatic hydroxyl groups is 1. The molecule has 0 atom stereocenters. The van der Waals surface area contributed by atoms with Crippen molar-refractivity contribution in [2.75, 3.05) is 13.1 Å². The number of carbonyl (C=O) groups is 1. The number of nitrogens with zero attached hydrogens (tertiary/aromatic N) is 1. The fourth-order valence-electron chi connectivity index (χ4n) is 3.66. The predicted molar refractivity (Wildman–Crippen MR) is 94.6 cm³/mol. The number of likely N-dealkylation sites (tertiary alicyclic amines) is 1. The molecule has 0 radical (unpaired) electrons. The second-order valence-electron chi connectivity index (χ2n) is 6.96. The van der Waals surface area contributed by atoms with Crippen LogP contribution in [0.25, 0.3) is 0 Å². The van der Waals surface area contributed by atoms with Crippen LogP contribution in [0.15, 0.2) is 29.2 Å². The minimum atomic E-state index is -0.185. The van der Waals surface area contributed by atoms with Crippen LogP contribution in [0.1, 0.15) is 44.1 Å². The molecule has 2 fully saturated rings. The van der Waals surface area contributed by atoms with Gasteiger partial charge in [0, 0.05) is 29.2 Å². The van der Waals surface area contributed by atoms with Crippen LogP contribution in [0.5, 0.6) is 0 Å². The average molecular weight is 333 g/mol. The van der Waals surface area contributed by atoms with Crippen LogP contribution < -0.4 is 0 Å². The van der Waals surface area contributed by atoms with Gasteiger partial charge in [0.05, 0.1) is 6.10 Å². The smallest absolute Gasteiger partial charge is 0.225 e. The highest BCUT2D eigenvalue weighted by molar-refractivity contribution is 8.00. The Morgan fingerprint density at radius 3 is 2.48 bits per heavy atom. The molecule has 1 aliphatic heterocycles. The van der Waals surface area contributed by atoms with Crippen molar-refractivity contribution in [3.63, 3.8) is 0 Å². The second kappa shape index (κ2) is 7.71. The fourth-order valence-corrected chi connectivity index (χ4v) is 4.90. The predicted octanol–water partition coefficient (Wildman–Crippen LogP) is 3.63. The summed E-state index contributed by atoms with van der Waals surface area (Å²) in [6.07, 6.45) is 5.28. The molecule has 0 aromatic heterocycles. The number of carbonyl (C=O) groups excluding carboxylic acids is 1. The van der Waals surface area contributed by atoms with E-state index in [-0.39, 0.29) is 12.0 Å². The van der Waals surface area contributed by atoms with Crippen LogP contribution >= 0.6 is 11.8 Å². The molecular weight excluding hydrogens is 306 g/mol. The Morgan fingerprint density at radius 1 is 1.13 bits per heavy atom. The van der Waals surface area contributed by atoms with Gasteiger partial charge < -0.3 is 10.0 Å². The molecule has 3 nitrogen and oxygen atoms in total. The average Bonchev–Trinajstić information content (AvgIpc) is 2.56. The number of hydrogen-bond acceptors (Lipinski definition) is 3. The number of hydrogen-bond donors (Lipinski definition) is 1. The minimum absolute atomic E-state index is 0.152. The van der Waals surface area contributed by atoms with E-state index in [2.05, 4.69) is 36.1 Å². The van der Waals surface area contributed by atoms with E-state index >= 15 is 0 Å². The molecule has 1 amide bonds. The lowest BCUT2D eigenvalue weighted by molar-refractivity contribution is -0.138. The lowest BCUT2D eigenvalue weighted by atomic mass is 9.86. The van der Waals surface area contributed by atoms with Gasteiger partial charge in [0.1, 0.15) is 0 Å². The zero-order chi connectivity index (χ0) is 16.2. The molecule has 23 heavy (non-hydrogen) atoms. The summed E-state index contributed by atoms with van der Waals surface area (Å²) in [5, 5.41) is 10.2. The molecular formula is C19H27NO2S. The monoisotopic (exact) mass is 333 g/mol. The lowest BCUT2D eigenvalue weighted by Crippen LogP contribution is -2.43. The molecule has 1 heterocycles. The van der Waals surface area contributed by atoms with Crippen molar-refractivity contribution in [1.82, 2.24) is 4.90 Å². The Bertz CT molecular complexity index is 532. The third-order valence-electron chi connectivity index (χ3n) is 5.09. The summed E-state index contributed by atoms with van der Waals surface area (Å²) in [6, 6.07) is 8.68. The number of aliphatic hydroxyl groups excluding tert-OH is 1. The molecule has 0 spiro atoms. The van der Waals surface area contributed by atoms with Crippen LogP contribution in [0.3, 0.4) is 0 Å². The topological polar surface area (TPSA) is 40.5 Å². The largest absolute Gasteiger partial charge is 0.393 e. The van der Waals surface area contributed by atoms with Crippen molar-refractivity contribution in [2.45, 2.75) is 61.7 Å². The lowest BCUT2D eigenvalue weighted by Gasteiger charge is -2.35. The molecule has 1 saturated carbocycles. The van der Waals surface area contributed by atoms with Crippen molar-refractivity contribution >= 4 is 17.7 Å². The number of amides is 1. The molecule has 4 heteroatoms. The first-order chi connectivity index (χ1) is 11.1. The molecule has 1 aromatic carbocycles. The zero-order valence-electron chi connectivity index (χ0n) is 13.9. The summed E-state index contributed by atoms with van der Waals surface area (Å²) in [7, 11) is 0. The van der Waals surface area contributed by atoms with Gasteiger partial charge >= 0.3 is 0 Å². The summed E-state index contributed by atoms with van der Waals surface area (Å²) >= 11 is 1.96. The standard InChI is InChI=1S/C19H27NO2S/c1-14-3-2-4-18(13-14)23-17-9-11-20(12-10-17)19(22)15-5-7-16(21)8-6-15/h2-4,13,15-17,21H,5-12H2,1H3. The third kappa shape index (κ3) is 4.51. The van der Waals surface area contributed by atoms with Crippen molar-refractivity contribution < 1.29 is 9.90 Å². The van der Waals surface area contributed by atoms with E-state index in [1.165, 1.54) is 10.5 Å². The zero-order valence-corrected chi connectivity index (χ0v) is 14.7. The molecule has 1 saturated heterocycles. The molecule has 126 valence electrons. The van der Waals surface area contributed by atoms with E-state index in [1.54, 1.807) is 0 Å². The van der Waals surface area contributed by atoms with E-state index in [9.17, 15) is 9.90 Å². The first-order valence-electron chi connectivity index (χ1n) is 8.82. The summed E-state index contributed by atoms with van der Waals surface area (Å²) in [5.41, 5.74) is 1.31. The Morgan fingerprint density at radius 2 is 1.83 bits per heavy atom. The number of thioether (sulfide) groups is 1. The maximum atomic E-state index is 12.6. The van der Waals surface area contributed by atoms with Gasteiger partial charge in [-0.25, -0.2) is 0 Å². The number of piperidine rings is 1. The number of aryl methyl sites for hydroxylation is 1. The summed E-state index contributed by atoms with van der Waals surface area (Å²) in [6.45, 7) is 3.91. The number of rotatable bonds is 3. The van der Waals surface area contributed by atoms with Gasteiger partial charge in [-0.3, -0.25) is 4.79 Å². The molecule has 0 unspecified atom stereocenters. The van der Waals surface area contributed by atoms with Gasteiger partial charge in [-0.2, -0.15) is 0 Å². The Hall–Kier alpha value is -1.00. The van der Waals surface area contributed by atoms with E-state index < -0.39 is 0 Å². The van der Waals surface area contributed by atoms with Gasteiger partial charge in [-0.1, -0.05) is 17.7 Å². The van der Waals surface area contributed by atoms with Gasteiger partial charge in [0.15, 0.2) is 0 Å². The van der Waals surface area contributed by atoms with Crippen LogP contribution in [0.4, 0.5) is 0 Å². The molecule has 3 rings (SSSR count). The highest BCUT2D eigenvalue weighted by Gasteiger charge is 2.31. The Kier molecular flexibility index (Phi) is 5.65. The van der Waals surface area contributed by atoms with E-state index in [1.807, 2.05) is 11.8 Å². The normalized spacial score (nSPS) is 26.3. The van der Waals surface area contributed by atoms with Crippen molar-refractivity contribution in [3.05, 3.63) is 29.8 Å². The molecule has 0 bridgehead atoms. The van der Waals surface area contributed by atoms with E-state index in [4.69, 9.17) is 0 Å². The highest BCUT2D eigenvalue weighted by Crippen LogP contribution is 2.32. The van der Waals surface area contributed by atoms with Crippen molar-refractivity contribution in [3.8, 4) is 0 Å². The Balaban J connectivity index is 1.47. The van der Waals surface area contributed by atoms with Crippen LogP contribution in [0, 0.1) is 12.8 Å². The first-order valence-corrected chi connectivity index (χ1v) is 9.70. The molecule has 1 aliphatic carbocycles. The molecule has 1 aromatic rings. The first kappa shape index (κ1) is 16.8. The maximum Gasteiger partial charge on any atom is 0.225 e. The van der Waals surface area contributed by atoms with Crippen LogP contribution in [0.2, 0.25) is 0 Å². The highest BCUT2D eigenvalue weighted by atomic mass is 32.2. The van der Waals surface area contributed by atoms with Gasteiger partial charge in [-0.15, -0.1) is 11.8 Å². The van der Waals surface area contributed by atoms with Gasteiger partial charge in [0.2, 0.25) is 5.91 Å². The minimum Gasteiger partial charge on any atom is -0.393 e. The van der Waals surface area contributed by atoms with Crippen LogP contribution in [-0.4, -0.2) is 40.4 Å². The van der Waals surface area contributed by atoms with Crippen LogP contribution in [-0.2, 0) is 4.79 Å². The SMILES string of the molecule is Cc1cccc(SC2CCN(C(=O)C3CCC(O)CC3)CC2)c1. The van der Waals surface area contributed by atoms with Crippen molar-refractivity contribution in [1.29, 1.82) is 0 Å². The van der Waals surface area contributed by atoms with E-state index in [0.717, 1.165) is 51.6 Å². The third-order valence-corrected chi connectivity index (χ3v) is 6.42. The summed E-state index contributed by atoms with van der Waals surface area (Å²) in [5.74, 6) is 0.482. The van der Waals surface area contributed by atoms with E-state index in [0.29, 0.717) is 11.2 Å². The Labute approximate surface area is 143 Å². The number of benzene rings is 1. The molecule has 1 N–H and O–H groups in total. The van der Waals surface area contributed by atoms with Crippen molar-refractivity contribution in [2.24, 2.45) is 5.92 Å². The second-order valence-corrected chi connectivity index (χ2v) is 8.34. The maximum absolute atomic E-state index is 12.6. The quantitative estimate of drug-likeness (QED) is 0.918. The fraction of sp³-hybridized carbons (Fsp3) is 0.632. The van der Waals surface area contributed by atoms with Gasteiger partial charge in [0.25, 0.3) is 0 Å². The summed E-state index contributed by atoms with van der Waals surface area (Å²) < 4.78 is 0.